The fourth-order valence-electron chi connectivity index (χ4n) is 3.91. The highest BCUT2D eigenvalue weighted by molar-refractivity contribution is 5.60. The van der Waals surface area contributed by atoms with Crippen LogP contribution >= 0.6 is 0 Å². The second kappa shape index (κ2) is 5.25. The maximum atomic E-state index is 13.7. The number of fused-ring (bicyclic) bond motifs is 1. The van der Waals surface area contributed by atoms with Crippen molar-refractivity contribution < 1.29 is 9.13 Å². The Morgan fingerprint density at radius 1 is 1.43 bits per heavy atom. The number of nitrogens with two attached hydrogens (primary N) is 1. The molecule has 1 saturated heterocycles. The van der Waals surface area contributed by atoms with Crippen LogP contribution < -0.4 is 10.6 Å². The lowest BCUT2D eigenvalue weighted by Crippen LogP contribution is -2.61. The third kappa shape index (κ3) is 2.44. The first-order valence-corrected chi connectivity index (χ1v) is 7.92. The minimum absolute atomic E-state index is 0.109. The summed E-state index contributed by atoms with van der Waals surface area (Å²) in [5, 5.41) is 0. The van der Waals surface area contributed by atoms with Crippen LogP contribution in [0.3, 0.4) is 0 Å². The molecule has 0 saturated carbocycles. The van der Waals surface area contributed by atoms with E-state index >= 15 is 0 Å². The van der Waals surface area contributed by atoms with Gasteiger partial charge in [-0.3, -0.25) is 0 Å². The first kappa shape index (κ1) is 14.8. The van der Waals surface area contributed by atoms with Crippen molar-refractivity contribution in [2.24, 2.45) is 5.73 Å². The molecule has 21 heavy (non-hydrogen) atoms. The van der Waals surface area contributed by atoms with Gasteiger partial charge in [0.15, 0.2) is 0 Å². The van der Waals surface area contributed by atoms with E-state index in [1.165, 1.54) is 5.56 Å². The molecular weight excluding hydrogens is 267 g/mol. The van der Waals surface area contributed by atoms with Crippen molar-refractivity contribution in [2.75, 3.05) is 24.6 Å². The molecule has 0 bridgehead atoms. The Kier molecular flexibility index (Phi) is 3.70. The van der Waals surface area contributed by atoms with Crippen LogP contribution in [0.15, 0.2) is 18.2 Å². The first-order chi connectivity index (χ1) is 10.0. The molecule has 0 amide bonds. The summed E-state index contributed by atoms with van der Waals surface area (Å²) in [5.41, 5.74) is 8.22. The zero-order chi connectivity index (χ0) is 15.1. The minimum atomic E-state index is -0.168. The Labute approximate surface area is 126 Å². The van der Waals surface area contributed by atoms with Crippen molar-refractivity contribution in [1.29, 1.82) is 0 Å². The minimum Gasteiger partial charge on any atom is -0.375 e. The number of nitrogens with zero attached hydrogens (tertiary/aromatic N) is 1. The molecule has 0 spiro atoms. The van der Waals surface area contributed by atoms with Gasteiger partial charge in [0, 0.05) is 31.8 Å². The van der Waals surface area contributed by atoms with Gasteiger partial charge in [-0.15, -0.1) is 0 Å². The number of hydrogen-bond acceptors (Lipinski definition) is 3. The van der Waals surface area contributed by atoms with Crippen LogP contribution in [0.1, 0.15) is 38.7 Å². The summed E-state index contributed by atoms with van der Waals surface area (Å²) >= 11 is 0. The molecule has 4 heteroatoms. The van der Waals surface area contributed by atoms with Crippen molar-refractivity contribution in [2.45, 2.75) is 50.7 Å². The molecule has 2 N–H and O–H groups in total. The van der Waals surface area contributed by atoms with Gasteiger partial charge in [-0.25, -0.2) is 4.39 Å². The summed E-state index contributed by atoms with van der Waals surface area (Å²) in [4.78, 5) is 2.35. The van der Waals surface area contributed by atoms with Crippen LogP contribution in [0.4, 0.5) is 10.1 Å². The van der Waals surface area contributed by atoms with Gasteiger partial charge in [0.1, 0.15) is 5.82 Å². The van der Waals surface area contributed by atoms with Crippen molar-refractivity contribution in [3.05, 3.63) is 29.6 Å². The van der Waals surface area contributed by atoms with E-state index in [4.69, 9.17) is 10.5 Å². The molecule has 2 unspecified atom stereocenters. The zero-order valence-corrected chi connectivity index (χ0v) is 13.0. The van der Waals surface area contributed by atoms with Crippen LogP contribution in [-0.4, -0.2) is 30.8 Å². The van der Waals surface area contributed by atoms with E-state index in [9.17, 15) is 4.39 Å². The van der Waals surface area contributed by atoms with Gasteiger partial charge >= 0.3 is 0 Å². The molecule has 0 radical (unpaired) electrons. The number of hydrogen-bond donors (Lipinski definition) is 1. The SMILES string of the molecule is CCC1(C)CC(CN)(N2CCc3ccc(F)cc32)CCO1. The Morgan fingerprint density at radius 3 is 2.95 bits per heavy atom. The van der Waals surface area contributed by atoms with E-state index in [2.05, 4.69) is 18.7 Å². The number of rotatable bonds is 3. The van der Waals surface area contributed by atoms with Crippen molar-refractivity contribution in [1.82, 2.24) is 0 Å². The van der Waals surface area contributed by atoms with E-state index in [1.807, 2.05) is 6.07 Å². The lowest BCUT2D eigenvalue weighted by molar-refractivity contribution is -0.0933. The van der Waals surface area contributed by atoms with Gasteiger partial charge in [-0.1, -0.05) is 13.0 Å². The molecule has 3 rings (SSSR count). The molecule has 1 fully saturated rings. The second-order valence-electron chi connectivity index (χ2n) is 6.68. The standard InChI is InChI=1S/C17H25FN2O/c1-3-16(2)11-17(12-19,7-9-21-16)20-8-6-13-4-5-14(18)10-15(13)20/h4-5,10H,3,6-9,11-12,19H2,1-2H3. The number of anilines is 1. The maximum Gasteiger partial charge on any atom is 0.125 e. The summed E-state index contributed by atoms with van der Waals surface area (Å²) in [5.74, 6) is -0.168. The van der Waals surface area contributed by atoms with Gasteiger partial charge in [0.2, 0.25) is 0 Å². The lowest BCUT2D eigenvalue weighted by Gasteiger charge is -2.51. The van der Waals surface area contributed by atoms with Crippen LogP contribution in [0.2, 0.25) is 0 Å². The topological polar surface area (TPSA) is 38.5 Å². The highest BCUT2D eigenvalue weighted by atomic mass is 19.1. The van der Waals surface area contributed by atoms with Crippen LogP contribution in [-0.2, 0) is 11.2 Å². The van der Waals surface area contributed by atoms with E-state index in [0.29, 0.717) is 6.54 Å². The molecule has 116 valence electrons. The van der Waals surface area contributed by atoms with Crippen molar-refractivity contribution in [3.8, 4) is 0 Å². The summed E-state index contributed by atoms with van der Waals surface area (Å²) in [6.07, 6.45) is 3.76. The molecule has 2 aliphatic heterocycles. The van der Waals surface area contributed by atoms with Crippen molar-refractivity contribution >= 4 is 5.69 Å². The summed E-state index contributed by atoms with van der Waals surface area (Å²) in [6, 6.07) is 5.13. The maximum absolute atomic E-state index is 13.7. The van der Waals surface area contributed by atoms with E-state index in [-0.39, 0.29) is 17.0 Å². The van der Waals surface area contributed by atoms with Crippen LogP contribution in [0, 0.1) is 5.82 Å². The highest BCUT2D eigenvalue weighted by Gasteiger charge is 2.47. The molecular formula is C17H25FN2O. The number of benzene rings is 1. The quantitative estimate of drug-likeness (QED) is 0.931. The summed E-state index contributed by atoms with van der Waals surface area (Å²) in [6.45, 7) is 6.56. The fraction of sp³-hybridized carbons (Fsp3) is 0.647. The molecule has 2 atom stereocenters. The Hall–Kier alpha value is -1.13. The van der Waals surface area contributed by atoms with Gasteiger partial charge in [0.25, 0.3) is 0 Å². The average Bonchev–Trinajstić information content (AvgIpc) is 2.90. The molecule has 2 heterocycles. The van der Waals surface area contributed by atoms with Crippen LogP contribution in [0.5, 0.6) is 0 Å². The number of ether oxygens (including phenoxy) is 1. The number of halogens is 1. The Morgan fingerprint density at radius 2 is 2.24 bits per heavy atom. The molecule has 2 aliphatic rings. The third-order valence-electron chi connectivity index (χ3n) is 5.36. The normalized spacial score (nSPS) is 32.3. The molecule has 1 aromatic carbocycles. The smallest absolute Gasteiger partial charge is 0.125 e. The third-order valence-corrected chi connectivity index (χ3v) is 5.36. The molecule has 1 aromatic rings. The predicted molar refractivity (Wildman–Crippen MR) is 83.1 cm³/mol. The predicted octanol–water partition coefficient (Wildman–Crippen LogP) is 2.86. The molecule has 0 aromatic heterocycles. The fourth-order valence-corrected chi connectivity index (χ4v) is 3.91. The molecule has 3 nitrogen and oxygen atoms in total. The van der Waals surface area contributed by atoms with Gasteiger partial charge < -0.3 is 15.4 Å². The monoisotopic (exact) mass is 292 g/mol. The lowest BCUT2D eigenvalue weighted by atomic mass is 9.78. The largest absolute Gasteiger partial charge is 0.375 e. The van der Waals surface area contributed by atoms with E-state index < -0.39 is 0 Å². The van der Waals surface area contributed by atoms with Gasteiger partial charge in [-0.05, 0) is 43.9 Å². The van der Waals surface area contributed by atoms with E-state index in [1.54, 1.807) is 12.1 Å². The summed E-state index contributed by atoms with van der Waals surface area (Å²) < 4.78 is 19.7. The Balaban J connectivity index is 1.97. The van der Waals surface area contributed by atoms with Gasteiger partial charge in [0.05, 0.1) is 11.1 Å². The van der Waals surface area contributed by atoms with Crippen molar-refractivity contribution in [3.63, 3.8) is 0 Å². The second-order valence-corrected chi connectivity index (χ2v) is 6.68. The summed E-state index contributed by atoms with van der Waals surface area (Å²) in [7, 11) is 0. The zero-order valence-electron chi connectivity index (χ0n) is 13.0. The van der Waals surface area contributed by atoms with Crippen LogP contribution in [0.25, 0.3) is 0 Å². The first-order valence-electron chi connectivity index (χ1n) is 7.92. The highest BCUT2D eigenvalue weighted by Crippen LogP contribution is 2.43. The average molecular weight is 292 g/mol. The van der Waals surface area contributed by atoms with Gasteiger partial charge in [-0.2, -0.15) is 0 Å². The van der Waals surface area contributed by atoms with E-state index in [0.717, 1.165) is 44.5 Å². The molecule has 0 aliphatic carbocycles. The Bertz CT molecular complexity index is 536.